The quantitative estimate of drug-likeness (QED) is 0.528. The lowest BCUT2D eigenvalue weighted by molar-refractivity contribution is 0.533. The second-order valence-corrected chi connectivity index (χ2v) is 3.07. The van der Waals surface area contributed by atoms with E-state index in [1.54, 1.807) is 4.42 Å². The second kappa shape index (κ2) is 2.72. The summed E-state index contributed by atoms with van der Waals surface area (Å²) >= 11 is 5.93. The number of rotatable bonds is 0. The number of likely N-dealkylation sites (N-methyl/N-ethyl adjacent to an activating group) is 1. The van der Waals surface area contributed by atoms with Crippen molar-refractivity contribution in [1.29, 1.82) is 0 Å². The van der Waals surface area contributed by atoms with Crippen molar-refractivity contribution in [3.63, 3.8) is 0 Å². The molecule has 2 aliphatic heterocycles. The minimum atomic E-state index is 1.02. The van der Waals surface area contributed by atoms with Crippen LogP contribution in [0.3, 0.4) is 0 Å². The molecule has 0 amide bonds. The van der Waals surface area contributed by atoms with Gasteiger partial charge in [0.15, 0.2) is 0 Å². The van der Waals surface area contributed by atoms with Crippen LogP contribution >= 0.6 is 11.8 Å². The van der Waals surface area contributed by atoms with Gasteiger partial charge in [-0.05, 0) is 24.3 Å². The standard InChI is InChI=1S/C9H9ClN2/c1-11-6-2-5-9-8(11)4-3-7-12(9)10/h2-7H,1H3. The molecule has 0 unspecified atom stereocenters. The van der Waals surface area contributed by atoms with Gasteiger partial charge in [0.05, 0.1) is 11.4 Å². The van der Waals surface area contributed by atoms with E-state index < -0.39 is 0 Å². The van der Waals surface area contributed by atoms with Gasteiger partial charge in [-0.15, -0.1) is 0 Å². The number of hydrogen-bond acceptors (Lipinski definition) is 2. The van der Waals surface area contributed by atoms with Crippen molar-refractivity contribution in [2.24, 2.45) is 0 Å². The molecule has 62 valence electrons. The first-order valence-corrected chi connectivity index (χ1v) is 4.08. The van der Waals surface area contributed by atoms with Crippen LogP contribution < -0.4 is 0 Å². The van der Waals surface area contributed by atoms with E-state index in [2.05, 4.69) is 0 Å². The topological polar surface area (TPSA) is 6.48 Å². The number of allylic oxidation sites excluding steroid dienone is 4. The van der Waals surface area contributed by atoms with Gasteiger partial charge in [0, 0.05) is 31.2 Å². The smallest absolute Gasteiger partial charge is 0.0811 e. The molecule has 0 aromatic heterocycles. The third-order valence-corrected chi connectivity index (χ3v) is 2.20. The van der Waals surface area contributed by atoms with Crippen molar-refractivity contribution in [3.8, 4) is 0 Å². The maximum atomic E-state index is 5.93. The molecular weight excluding hydrogens is 172 g/mol. The summed E-state index contributed by atoms with van der Waals surface area (Å²) in [5, 5.41) is 0. The second-order valence-electron chi connectivity index (χ2n) is 2.71. The number of nitrogens with zero attached hydrogens (tertiary/aromatic N) is 2. The molecule has 0 saturated carbocycles. The summed E-state index contributed by atoms with van der Waals surface area (Å²) in [5.74, 6) is 0. The van der Waals surface area contributed by atoms with Crippen LogP contribution in [0.25, 0.3) is 0 Å². The fourth-order valence-electron chi connectivity index (χ4n) is 1.28. The van der Waals surface area contributed by atoms with Gasteiger partial charge in [0.1, 0.15) is 0 Å². The molecule has 0 spiro atoms. The molecule has 0 radical (unpaired) electrons. The Morgan fingerprint density at radius 3 is 2.50 bits per heavy atom. The van der Waals surface area contributed by atoms with E-state index in [0.29, 0.717) is 0 Å². The average Bonchev–Trinajstić information content (AvgIpc) is 2.07. The number of hydrogen-bond donors (Lipinski definition) is 0. The highest BCUT2D eigenvalue weighted by molar-refractivity contribution is 6.15. The Kier molecular flexibility index (Phi) is 1.70. The van der Waals surface area contributed by atoms with Gasteiger partial charge >= 0.3 is 0 Å². The highest BCUT2D eigenvalue weighted by Gasteiger charge is 2.16. The van der Waals surface area contributed by atoms with Crippen LogP contribution in [0.2, 0.25) is 0 Å². The van der Waals surface area contributed by atoms with Gasteiger partial charge < -0.3 is 4.90 Å². The van der Waals surface area contributed by atoms with Crippen LogP contribution in [0, 0.1) is 0 Å². The Labute approximate surface area is 76.8 Å². The van der Waals surface area contributed by atoms with Gasteiger partial charge in [-0.1, -0.05) is 0 Å². The molecule has 0 fully saturated rings. The van der Waals surface area contributed by atoms with Crippen molar-refractivity contribution in [1.82, 2.24) is 9.32 Å². The molecule has 2 rings (SSSR count). The SMILES string of the molecule is CN1C=CC=C2C1=CC=CN2Cl. The van der Waals surface area contributed by atoms with Gasteiger partial charge in [-0.2, -0.15) is 0 Å². The van der Waals surface area contributed by atoms with Crippen molar-refractivity contribution in [3.05, 3.63) is 48.1 Å². The molecule has 0 aromatic rings. The summed E-state index contributed by atoms with van der Waals surface area (Å²) in [4.78, 5) is 2.04. The minimum Gasteiger partial charge on any atom is -0.349 e. The molecule has 2 aliphatic rings. The van der Waals surface area contributed by atoms with E-state index in [1.807, 2.05) is 48.7 Å². The van der Waals surface area contributed by atoms with Gasteiger partial charge in [0.2, 0.25) is 0 Å². The molecule has 0 N–H and O–H groups in total. The summed E-state index contributed by atoms with van der Waals surface area (Å²) < 4.78 is 1.59. The predicted octanol–water partition coefficient (Wildman–Crippen LogP) is 2.20. The summed E-state index contributed by atoms with van der Waals surface area (Å²) in [7, 11) is 2.00. The molecule has 2 heterocycles. The molecule has 0 bridgehead atoms. The lowest BCUT2D eigenvalue weighted by atomic mass is 10.2. The highest BCUT2D eigenvalue weighted by Crippen LogP contribution is 2.27. The third kappa shape index (κ3) is 1.04. The molecular formula is C9H9ClN2. The van der Waals surface area contributed by atoms with E-state index in [4.69, 9.17) is 11.8 Å². The van der Waals surface area contributed by atoms with Crippen molar-refractivity contribution in [2.45, 2.75) is 0 Å². The average molecular weight is 181 g/mol. The largest absolute Gasteiger partial charge is 0.349 e. The van der Waals surface area contributed by atoms with Crippen LogP contribution in [0.5, 0.6) is 0 Å². The first-order valence-electron chi connectivity index (χ1n) is 3.74. The maximum absolute atomic E-state index is 5.93. The number of fused-ring (bicyclic) bond motifs is 1. The Balaban J connectivity index is 2.43. The van der Waals surface area contributed by atoms with Crippen molar-refractivity contribution < 1.29 is 0 Å². The summed E-state index contributed by atoms with van der Waals surface area (Å²) in [6.45, 7) is 0. The van der Waals surface area contributed by atoms with E-state index >= 15 is 0 Å². The van der Waals surface area contributed by atoms with Gasteiger partial charge in [-0.25, -0.2) is 0 Å². The normalized spacial score (nSPS) is 20.5. The van der Waals surface area contributed by atoms with Crippen LogP contribution in [0.15, 0.2) is 48.1 Å². The molecule has 0 aliphatic carbocycles. The minimum absolute atomic E-state index is 1.02. The lowest BCUT2D eigenvalue weighted by Crippen LogP contribution is -2.21. The highest BCUT2D eigenvalue weighted by atomic mass is 35.5. The molecule has 0 aromatic carbocycles. The molecule has 0 atom stereocenters. The maximum Gasteiger partial charge on any atom is 0.0811 e. The Hall–Kier alpha value is -1.15. The van der Waals surface area contributed by atoms with Crippen LogP contribution in [0.1, 0.15) is 0 Å². The summed E-state index contributed by atoms with van der Waals surface area (Å²) in [6.07, 6.45) is 11.7. The van der Waals surface area contributed by atoms with Crippen molar-refractivity contribution in [2.75, 3.05) is 7.05 Å². The molecule has 12 heavy (non-hydrogen) atoms. The fourth-order valence-corrected chi connectivity index (χ4v) is 1.49. The molecule has 0 saturated heterocycles. The van der Waals surface area contributed by atoms with E-state index in [1.165, 1.54) is 0 Å². The molecule has 3 heteroatoms. The third-order valence-electron chi connectivity index (χ3n) is 1.91. The van der Waals surface area contributed by atoms with E-state index in [9.17, 15) is 0 Å². The predicted molar refractivity (Wildman–Crippen MR) is 49.9 cm³/mol. The van der Waals surface area contributed by atoms with Crippen molar-refractivity contribution >= 4 is 11.8 Å². The lowest BCUT2D eigenvalue weighted by Gasteiger charge is -2.28. The summed E-state index contributed by atoms with van der Waals surface area (Å²) in [5.41, 5.74) is 2.14. The monoisotopic (exact) mass is 180 g/mol. The van der Waals surface area contributed by atoms with Crippen LogP contribution in [-0.4, -0.2) is 16.4 Å². The van der Waals surface area contributed by atoms with Crippen LogP contribution in [-0.2, 0) is 0 Å². The van der Waals surface area contributed by atoms with Crippen LogP contribution in [0.4, 0.5) is 0 Å². The van der Waals surface area contributed by atoms with Gasteiger partial charge in [0.25, 0.3) is 0 Å². The fraction of sp³-hybridized carbons (Fsp3) is 0.111. The first-order chi connectivity index (χ1) is 5.79. The Morgan fingerprint density at radius 1 is 1.08 bits per heavy atom. The first kappa shape index (κ1) is 7.50. The summed E-state index contributed by atoms with van der Waals surface area (Å²) in [6, 6.07) is 0. The van der Waals surface area contributed by atoms with E-state index in [0.717, 1.165) is 11.4 Å². The Bertz CT molecular complexity index is 280. The van der Waals surface area contributed by atoms with E-state index in [-0.39, 0.29) is 0 Å². The zero-order chi connectivity index (χ0) is 8.55. The zero-order valence-corrected chi connectivity index (χ0v) is 7.49. The molecule has 2 nitrogen and oxygen atoms in total. The Morgan fingerprint density at radius 2 is 1.75 bits per heavy atom. The zero-order valence-electron chi connectivity index (χ0n) is 6.74. The number of halogens is 1. The van der Waals surface area contributed by atoms with Gasteiger partial charge in [-0.3, -0.25) is 4.42 Å².